The van der Waals surface area contributed by atoms with Crippen molar-refractivity contribution in [3.63, 3.8) is 0 Å². The second kappa shape index (κ2) is 38.6. The maximum atomic E-state index is 14.8. The van der Waals surface area contributed by atoms with Gasteiger partial charge in [-0.1, -0.05) is 221 Å². The van der Waals surface area contributed by atoms with Crippen LogP contribution < -0.4 is 11.2 Å². The van der Waals surface area contributed by atoms with Crippen LogP contribution in [0.5, 0.6) is 0 Å². The normalized spacial score (nSPS) is 13.3. The maximum absolute atomic E-state index is 14.8. The fraction of sp³-hybridized carbons (Fsp3) is 0.182. The van der Waals surface area contributed by atoms with Crippen LogP contribution in [0.25, 0.3) is 135 Å². The Hall–Kier alpha value is -11.6. The van der Waals surface area contributed by atoms with Gasteiger partial charge in [-0.15, -0.1) is 0 Å². The summed E-state index contributed by atoms with van der Waals surface area (Å²) in [6.45, 7) is 24.8. The molecule has 0 aliphatic carbocycles. The molecule has 1 aliphatic heterocycles. The molecule has 7 aromatic heterocycles. The van der Waals surface area contributed by atoms with E-state index < -0.39 is 23.3 Å². The van der Waals surface area contributed by atoms with Gasteiger partial charge in [0.25, 0.3) is 0 Å². The van der Waals surface area contributed by atoms with Crippen molar-refractivity contribution in [2.75, 3.05) is 18.9 Å². The van der Waals surface area contributed by atoms with Gasteiger partial charge in [-0.25, -0.2) is 22.5 Å². The van der Waals surface area contributed by atoms with E-state index in [0.717, 1.165) is 157 Å². The van der Waals surface area contributed by atoms with E-state index in [1.807, 2.05) is 161 Å². The Bertz CT molecular complexity index is 6460. The van der Waals surface area contributed by atoms with Crippen molar-refractivity contribution in [1.29, 1.82) is 0 Å². The van der Waals surface area contributed by atoms with Crippen LogP contribution in [0.2, 0.25) is 51.4 Å². The monoisotopic (exact) mass is 1780 g/mol. The fourth-order valence-corrected chi connectivity index (χ4v) is 16.6. The standard InChI is InChI=1S/C30H30FN3OSi.C27H37BN2O3Si.C24H16FN3.C9H5BrFN.C9H7BrN2/c1-36(2,3)17-16-35-21-34-29-15-13-23(26-20-32-19-24-10-7-11-27(31)30(24)26)18-25(29)28(33-34)14-12-22-8-5-4-6-9-22;1-26(2)27(3,4)33-28(32-26)22-14-16-25-23(19-22)24(15-13-21-11-9-8-10-12-21)29-30(25)20-31-17-18-34(5,6)7;25-21-8-4-7-18-14-26-15-20(24(18)21)17-10-12-23-19(13-17)22(27-28-23)11-9-16-5-2-1-3-6-16;2*10-7-5-12-4-6-2-1-3-8(11)9(6)7/h4-15,18-20H,16-17,21H2,1-3H3;8-16,19H,17-18,20H2,1-7H3;1-15H,(H,27,28);1-5H;1-5H,11H2/b14-12+;15-13+;11-9+;;. The number of rotatable bonds is 19. The zero-order valence-electron chi connectivity index (χ0n) is 69.8. The first-order valence-electron chi connectivity index (χ1n) is 40.4. The SMILES string of the molecule is CC1(C)OB(c2ccc3c(c2)c(/C=C/c2ccccc2)nn3COCC[Si](C)(C)C)OC1(C)C.C[Si](C)(C)CCOCn1nc(/C=C/c2ccccc2)c2cc(-c3cncc4cccc(F)c34)ccc21.Fc1cccc2cncc(-c3ccc4[nH]nc(/C=C/c5ccccc5)c4c3)c12.Fc1cccc2cncc(Br)c12.Nc1cccc2cncc(Br)c12. The number of nitrogens with one attached hydrogen (secondary N) is 1. The molecule has 18 rings (SSSR count). The van der Waals surface area contributed by atoms with Gasteiger partial charge in [0, 0.05) is 164 Å². The maximum Gasteiger partial charge on any atom is 0.494 e. The number of nitrogens with zero attached hydrogens (tertiary/aromatic N) is 9. The Morgan fingerprint density at radius 2 is 0.820 bits per heavy atom. The Morgan fingerprint density at radius 1 is 0.426 bits per heavy atom. The lowest BCUT2D eigenvalue weighted by Crippen LogP contribution is -2.41. The largest absolute Gasteiger partial charge is 0.494 e. The Kier molecular flexibility index (Phi) is 27.4. The molecule has 0 bridgehead atoms. The molecule has 10 aromatic carbocycles. The Morgan fingerprint density at radius 3 is 1.28 bits per heavy atom. The van der Waals surface area contributed by atoms with Gasteiger partial charge in [-0.3, -0.25) is 25.0 Å². The molecule has 1 fully saturated rings. The molecular weight excluding hydrogens is 1690 g/mol. The zero-order valence-corrected chi connectivity index (χ0v) is 75.0. The van der Waals surface area contributed by atoms with Gasteiger partial charge in [0.2, 0.25) is 0 Å². The second-order valence-corrected chi connectivity index (χ2v) is 46.2. The number of fused-ring (bicyclic) bond motifs is 7. The molecule has 17 aromatic rings. The van der Waals surface area contributed by atoms with Gasteiger partial charge in [0.15, 0.2) is 0 Å². The van der Waals surface area contributed by atoms with E-state index in [9.17, 15) is 13.2 Å². The number of nitrogen functional groups attached to an aromatic ring is 1. The summed E-state index contributed by atoms with van der Waals surface area (Å²) >= 11 is 6.65. The van der Waals surface area contributed by atoms with Crippen molar-refractivity contribution in [1.82, 2.24) is 49.7 Å². The predicted octanol–water partition coefficient (Wildman–Crippen LogP) is 25.5. The van der Waals surface area contributed by atoms with Crippen molar-refractivity contribution in [2.45, 2.75) is 104 Å². The van der Waals surface area contributed by atoms with E-state index in [4.69, 9.17) is 34.7 Å². The van der Waals surface area contributed by atoms with Gasteiger partial charge in [0.1, 0.15) is 30.9 Å². The number of benzene rings is 10. The van der Waals surface area contributed by atoms with E-state index in [-0.39, 0.29) is 28.7 Å². The van der Waals surface area contributed by atoms with Crippen molar-refractivity contribution in [2.24, 2.45) is 0 Å². The number of H-pyrrole nitrogens is 1. The number of hydrogen-bond donors (Lipinski definition) is 2. The lowest BCUT2D eigenvalue weighted by atomic mass is 9.78. The number of nitrogens with two attached hydrogens (primary N) is 1. The van der Waals surface area contributed by atoms with E-state index in [1.165, 1.54) is 18.2 Å². The lowest BCUT2D eigenvalue weighted by molar-refractivity contribution is 0.00578. The number of halogens is 5. The van der Waals surface area contributed by atoms with Crippen molar-refractivity contribution >= 4 is 179 Å². The molecule has 1 aliphatic rings. The zero-order chi connectivity index (χ0) is 85.7. The molecule has 0 amide bonds. The van der Waals surface area contributed by atoms with Crippen LogP contribution in [0.1, 0.15) is 61.5 Å². The molecule has 0 unspecified atom stereocenters. The molecule has 0 saturated carbocycles. The summed E-state index contributed by atoms with van der Waals surface area (Å²) in [4.78, 5) is 16.6. The molecule has 1 saturated heterocycles. The highest BCUT2D eigenvalue weighted by molar-refractivity contribution is 9.11. The minimum atomic E-state index is -1.17. The van der Waals surface area contributed by atoms with Gasteiger partial charge in [-0.05, 0) is 178 Å². The average molecular weight is 1790 g/mol. The number of ether oxygens (including phenoxy) is 2. The molecule has 3 N–H and O–H groups in total. The topological polar surface area (TPSA) is 179 Å². The molecule has 122 heavy (non-hydrogen) atoms. The van der Waals surface area contributed by atoms with Crippen LogP contribution in [-0.2, 0) is 32.2 Å². The van der Waals surface area contributed by atoms with Gasteiger partial charge >= 0.3 is 7.12 Å². The predicted molar refractivity (Wildman–Crippen MR) is 510 cm³/mol. The molecule has 0 atom stereocenters. The summed E-state index contributed by atoms with van der Waals surface area (Å²) in [7, 11) is -2.71. The first kappa shape index (κ1) is 86.7. The van der Waals surface area contributed by atoms with Crippen molar-refractivity contribution in [3.05, 3.63) is 328 Å². The van der Waals surface area contributed by atoms with Crippen LogP contribution in [0.15, 0.2) is 277 Å². The molecule has 0 radical (unpaired) electrons. The quantitative estimate of drug-likeness (QED) is 0.0445. The van der Waals surface area contributed by atoms with Crippen LogP contribution in [0.4, 0.5) is 18.9 Å². The minimum Gasteiger partial charge on any atom is -0.399 e. The van der Waals surface area contributed by atoms with Gasteiger partial charge in [0.05, 0.1) is 44.8 Å². The van der Waals surface area contributed by atoms with Crippen LogP contribution in [0, 0.1) is 17.5 Å². The van der Waals surface area contributed by atoms with Crippen LogP contribution in [0.3, 0.4) is 0 Å². The second-order valence-electron chi connectivity index (χ2n) is 33.2. The smallest absolute Gasteiger partial charge is 0.399 e. The van der Waals surface area contributed by atoms with E-state index in [0.29, 0.717) is 34.1 Å². The minimum absolute atomic E-state index is 0.221. The highest BCUT2D eigenvalue weighted by atomic mass is 79.9. The third-order valence-corrected chi connectivity index (χ3v) is 26.0. The average Bonchev–Trinajstić information content (AvgIpc) is 1.56. The Balaban J connectivity index is 0.000000132. The summed E-state index contributed by atoms with van der Waals surface area (Å²) < 4.78 is 72.7. The molecule has 0 spiro atoms. The molecule has 616 valence electrons. The van der Waals surface area contributed by atoms with E-state index >= 15 is 0 Å². The Labute approximate surface area is 728 Å². The number of hydrogen-bond acceptors (Lipinski definition) is 12. The molecular formula is C99H95BBr2F3N11O4Si2. The van der Waals surface area contributed by atoms with Crippen LogP contribution >= 0.6 is 31.9 Å². The van der Waals surface area contributed by atoms with Crippen molar-refractivity contribution in [3.8, 4) is 22.3 Å². The fourth-order valence-electron chi connectivity index (χ4n) is 14.0. The van der Waals surface area contributed by atoms with Gasteiger partial charge in [-0.2, -0.15) is 15.3 Å². The lowest BCUT2D eigenvalue weighted by Gasteiger charge is -2.32. The molecule has 15 nitrogen and oxygen atoms in total. The first-order valence-corrected chi connectivity index (χ1v) is 49.4. The number of anilines is 1. The third kappa shape index (κ3) is 21.3. The van der Waals surface area contributed by atoms with Crippen LogP contribution in [-0.4, -0.2) is 97.4 Å². The highest BCUT2D eigenvalue weighted by Crippen LogP contribution is 2.39. The summed E-state index contributed by atoms with van der Waals surface area (Å²) in [6, 6.07) is 72.1. The van der Waals surface area contributed by atoms with E-state index in [1.54, 1.807) is 67.8 Å². The van der Waals surface area contributed by atoms with Gasteiger partial charge < -0.3 is 24.5 Å². The third-order valence-electron chi connectivity index (χ3n) is 21.4. The summed E-state index contributed by atoms with van der Waals surface area (Å²) in [5, 5.41) is 26.5. The molecule has 23 heteroatoms. The number of pyridine rings is 4. The summed E-state index contributed by atoms with van der Waals surface area (Å²) in [5.74, 6) is -0.714. The molecule has 8 heterocycles. The van der Waals surface area contributed by atoms with Crippen molar-refractivity contribution < 1.29 is 32.0 Å². The summed E-state index contributed by atoms with van der Waals surface area (Å²) in [6.07, 6.45) is 25.9. The number of aromatic nitrogens is 10. The first-order chi connectivity index (χ1) is 58.7. The summed E-state index contributed by atoms with van der Waals surface area (Å²) in [5.41, 5.74) is 19.1. The van der Waals surface area contributed by atoms with E-state index in [2.05, 4.69) is 196 Å². The number of aromatic amines is 1. The highest BCUT2D eigenvalue weighted by Gasteiger charge is 2.52.